The molecule has 3 N–H and O–H groups in total. The van der Waals surface area contributed by atoms with E-state index in [9.17, 15) is 0 Å². The van der Waals surface area contributed by atoms with Crippen molar-refractivity contribution >= 4 is 6.47 Å². The molecular formula is C13H23NO3. The third kappa shape index (κ3) is 10.7. The fourth-order valence-corrected chi connectivity index (χ4v) is 1.10. The van der Waals surface area contributed by atoms with Crippen molar-refractivity contribution in [1.29, 1.82) is 0 Å². The molecule has 0 fully saturated rings. The van der Waals surface area contributed by atoms with E-state index in [2.05, 4.69) is 12.1 Å². The Kier molecular flexibility index (Phi) is 15.2. The molecule has 1 aromatic carbocycles. The molecule has 4 heteroatoms. The summed E-state index contributed by atoms with van der Waals surface area (Å²) < 4.78 is 5.05. The van der Waals surface area contributed by atoms with Gasteiger partial charge in [-0.1, -0.05) is 26.0 Å². The first-order valence-corrected chi connectivity index (χ1v) is 5.69. The maximum Gasteiger partial charge on any atom is 0.290 e. The van der Waals surface area contributed by atoms with Crippen LogP contribution >= 0.6 is 0 Å². The number of nitrogens with two attached hydrogens (primary N) is 1. The Morgan fingerprint density at radius 3 is 2.12 bits per heavy atom. The van der Waals surface area contributed by atoms with Gasteiger partial charge >= 0.3 is 0 Å². The van der Waals surface area contributed by atoms with Crippen molar-refractivity contribution in [1.82, 2.24) is 0 Å². The summed E-state index contributed by atoms with van der Waals surface area (Å²) in [6, 6.07) is 8.11. The van der Waals surface area contributed by atoms with Gasteiger partial charge in [0.1, 0.15) is 5.75 Å². The molecule has 0 bridgehead atoms. The molecule has 0 radical (unpaired) electrons. The lowest BCUT2D eigenvalue weighted by Crippen LogP contribution is -2.00. The molecule has 0 aliphatic rings. The van der Waals surface area contributed by atoms with Crippen LogP contribution in [0.1, 0.15) is 25.8 Å². The molecule has 17 heavy (non-hydrogen) atoms. The van der Waals surface area contributed by atoms with Crippen LogP contribution in [0.25, 0.3) is 0 Å². The Labute approximate surface area is 103 Å². The number of hydrogen-bond acceptors (Lipinski definition) is 3. The fraction of sp³-hybridized carbons (Fsp3) is 0.462. The van der Waals surface area contributed by atoms with E-state index < -0.39 is 0 Å². The lowest BCUT2D eigenvalue weighted by molar-refractivity contribution is -0.122. The van der Waals surface area contributed by atoms with Crippen molar-refractivity contribution in [3.8, 4) is 5.75 Å². The van der Waals surface area contributed by atoms with Gasteiger partial charge in [-0.25, -0.2) is 0 Å². The molecule has 0 saturated carbocycles. The summed E-state index contributed by atoms with van der Waals surface area (Å²) in [5, 5.41) is 6.89. The number of ether oxygens (including phenoxy) is 1. The van der Waals surface area contributed by atoms with Crippen LogP contribution in [0.15, 0.2) is 24.3 Å². The van der Waals surface area contributed by atoms with Crippen molar-refractivity contribution in [2.75, 3.05) is 13.7 Å². The van der Waals surface area contributed by atoms with E-state index >= 15 is 0 Å². The quantitative estimate of drug-likeness (QED) is 0.793. The Morgan fingerprint density at radius 2 is 1.76 bits per heavy atom. The van der Waals surface area contributed by atoms with Crippen molar-refractivity contribution in [2.24, 2.45) is 5.73 Å². The molecule has 98 valence electrons. The van der Waals surface area contributed by atoms with Gasteiger partial charge in [0, 0.05) is 0 Å². The zero-order chi connectivity index (χ0) is 13.5. The molecule has 1 aromatic rings. The molecule has 0 spiro atoms. The van der Waals surface area contributed by atoms with Crippen molar-refractivity contribution in [3.05, 3.63) is 29.8 Å². The molecule has 0 atom stereocenters. The zero-order valence-electron chi connectivity index (χ0n) is 10.8. The number of methoxy groups -OCH3 is 1. The van der Waals surface area contributed by atoms with Gasteiger partial charge in [0.2, 0.25) is 0 Å². The SMILES string of the molecule is CC.COc1ccc(CCCN)cc1.O=CO. The summed E-state index contributed by atoms with van der Waals surface area (Å²) >= 11 is 0. The van der Waals surface area contributed by atoms with Crippen LogP contribution < -0.4 is 10.5 Å². The summed E-state index contributed by atoms with van der Waals surface area (Å²) in [5.41, 5.74) is 6.73. The van der Waals surface area contributed by atoms with Crippen molar-refractivity contribution < 1.29 is 14.6 Å². The lowest BCUT2D eigenvalue weighted by atomic mass is 10.1. The second-order valence-electron chi connectivity index (χ2n) is 2.85. The van der Waals surface area contributed by atoms with E-state index in [0.29, 0.717) is 0 Å². The zero-order valence-corrected chi connectivity index (χ0v) is 10.8. The second kappa shape index (κ2) is 14.5. The van der Waals surface area contributed by atoms with Crippen LogP contribution in [-0.2, 0) is 11.2 Å². The van der Waals surface area contributed by atoms with Gasteiger partial charge in [-0.3, -0.25) is 4.79 Å². The molecule has 0 aromatic heterocycles. The van der Waals surface area contributed by atoms with Gasteiger partial charge in [0.05, 0.1) is 7.11 Å². The Hall–Kier alpha value is -1.55. The van der Waals surface area contributed by atoms with Crippen LogP contribution in [0.2, 0.25) is 0 Å². The summed E-state index contributed by atoms with van der Waals surface area (Å²) in [6.45, 7) is 4.51. The Balaban J connectivity index is 0. The number of carbonyl (C=O) groups is 1. The average Bonchev–Trinajstić information content (AvgIpc) is 2.40. The lowest BCUT2D eigenvalue weighted by Gasteiger charge is -2.01. The summed E-state index contributed by atoms with van der Waals surface area (Å²) in [6.07, 6.45) is 2.10. The summed E-state index contributed by atoms with van der Waals surface area (Å²) in [5.74, 6) is 0.909. The highest BCUT2D eigenvalue weighted by Crippen LogP contribution is 2.11. The highest BCUT2D eigenvalue weighted by atomic mass is 16.5. The Morgan fingerprint density at radius 1 is 1.29 bits per heavy atom. The smallest absolute Gasteiger partial charge is 0.290 e. The van der Waals surface area contributed by atoms with Crippen LogP contribution in [0, 0.1) is 0 Å². The van der Waals surface area contributed by atoms with E-state index in [0.717, 1.165) is 25.1 Å². The van der Waals surface area contributed by atoms with Crippen LogP contribution in [0.4, 0.5) is 0 Å². The van der Waals surface area contributed by atoms with Crippen molar-refractivity contribution in [3.63, 3.8) is 0 Å². The maximum atomic E-state index is 8.36. The predicted molar refractivity (Wildman–Crippen MR) is 70.4 cm³/mol. The standard InChI is InChI=1S/C10H15NO.C2H6.CH2O2/c1-12-10-6-4-9(5-7-10)3-2-8-11;1-2;2-1-3/h4-7H,2-3,8,11H2,1H3;1-2H3;1H,(H,2,3). The molecule has 0 aliphatic carbocycles. The van der Waals surface area contributed by atoms with E-state index in [1.165, 1.54) is 5.56 Å². The van der Waals surface area contributed by atoms with E-state index in [1.54, 1.807) is 7.11 Å². The maximum absolute atomic E-state index is 8.36. The molecular weight excluding hydrogens is 218 g/mol. The number of carboxylic acid groups (broad SMARTS) is 1. The normalized spacial score (nSPS) is 8.00. The third-order valence-electron chi connectivity index (χ3n) is 1.83. The Bertz CT molecular complexity index is 260. The minimum Gasteiger partial charge on any atom is -0.497 e. The predicted octanol–water partition coefficient (Wildman–Crippen LogP) is 2.31. The number of benzene rings is 1. The van der Waals surface area contributed by atoms with Crippen LogP contribution in [0.3, 0.4) is 0 Å². The van der Waals surface area contributed by atoms with Gasteiger partial charge in [-0.15, -0.1) is 0 Å². The monoisotopic (exact) mass is 241 g/mol. The summed E-state index contributed by atoms with van der Waals surface area (Å²) in [4.78, 5) is 8.36. The van der Waals surface area contributed by atoms with E-state index in [1.807, 2.05) is 26.0 Å². The largest absolute Gasteiger partial charge is 0.497 e. The van der Waals surface area contributed by atoms with Gasteiger partial charge in [0.25, 0.3) is 6.47 Å². The van der Waals surface area contributed by atoms with Gasteiger partial charge < -0.3 is 15.6 Å². The molecule has 0 saturated heterocycles. The van der Waals surface area contributed by atoms with Crippen LogP contribution in [-0.4, -0.2) is 25.2 Å². The average molecular weight is 241 g/mol. The molecule has 4 nitrogen and oxygen atoms in total. The number of aryl methyl sites for hydroxylation is 1. The molecule has 0 heterocycles. The van der Waals surface area contributed by atoms with Crippen molar-refractivity contribution in [2.45, 2.75) is 26.7 Å². The number of hydrogen-bond donors (Lipinski definition) is 2. The van der Waals surface area contributed by atoms with E-state index in [4.69, 9.17) is 20.4 Å². The minimum absolute atomic E-state index is 0.250. The molecule has 0 amide bonds. The first kappa shape index (κ1) is 17.8. The first-order chi connectivity index (χ1) is 8.28. The number of rotatable bonds is 4. The molecule has 1 rings (SSSR count). The molecule has 0 aliphatic heterocycles. The van der Waals surface area contributed by atoms with Gasteiger partial charge in [-0.2, -0.15) is 0 Å². The van der Waals surface area contributed by atoms with Gasteiger partial charge in [0.15, 0.2) is 0 Å². The third-order valence-corrected chi connectivity index (χ3v) is 1.83. The summed E-state index contributed by atoms with van der Waals surface area (Å²) in [7, 11) is 1.68. The van der Waals surface area contributed by atoms with Gasteiger partial charge in [-0.05, 0) is 37.1 Å². The van der Waals surface area contributed by atoms with E-state index in [-0.39, 0.29) is 6.47 Å². The minimum atomic E-state index is -0.250. The fourth-order valence-electron chi connectivity index (χ4n) is 1.10. The highest BCUT2D eigenvalue weighted by Gasteiger charge is 1.92. The molecule has 0 unspecified atom stereocenters. The first-order valence-electron chi connectivity index (χ1n) is 5.69. The highest BCUT2D eigenvalue weighted by molar-refractivity contribution is 5.32. The topological polar surface area (TPSA) is 72.5 Å². The second-order valence-corrected chi connectivity index (χ2v) is 2.85. The van der Waals surface area contributed by atoms with Crippen LogP contribution in [0.5, 0.6) is 5.75 Å².